The summed E-state index contributed by atoms with van der Waals surface area (Å²) in [4.78, 5) is 81.2. The third-order valence-electron chi connectivity index (χ3n) is 11.8. The largest absolute Gasteiger partial charge is 0.450 e. The molecule has 1 aliphatic heterocycles. The van der Waals surface area contributed by atoms with E-state index in [2.05, 4.69) is 36.2 Å². The first-order valence-corrected chi connectivity index (χ1v) is 25.0. The Morgan fingerprint density at radius 2 is 1.51 bits per heavy atom. The molecule has 15 nitrogen and oxygen atoms in total. The van der Waals surface area contributed by atoms with Gasteiger partial charge in [-0.25, -0.2) is 14.8 Å². The first kappa shape index (κ1) is 50.6. The molecule has 0 aliphatic carbocycles. The maximum absolute atomic E-state index is 14.0. The van der Waals surface area contributed by atoms with Crippen LogP contribution in [0.15, 0.2) is 60.2 Å². The number of fused-ring (bicyclic) bond motifs is 1. The summed E-state index contributed by atoms with van der Waals surface area (Å²) in [5, 5.41) is 22.7. The number of rotatable bonds is 21. The van der Waals surface area contributed by atoms with Gasteiger partial charge in [0.2, 0.25) is 23.6 Å². The normalized spacial score (nSPS) is 15.3. The number of thiazole rings is 2. The van der Waals surface area contributed by atoms with E-state index in [0.717, 1.165) is 88.0 Å². The molecular formula is C50H64N8O7S2. The van der Waals surface area contributed by atoms with Crippen molar-refractivity contribution in [2.24, 2.45) is 5.41 Å². The molecule has 0 radical (unpaired) electrons. The quantitative estimate of drug-likeness (QED) is 0.0441. The molecule has 67 heavy (non-hydrogen) atoms. The Bertz CT molecular complexity index is 2500. The van der Waals surface area contributed by atoms with Crippen LogP contribution in [0.1, 0.15) is 115 Å². The fraction of sp³-hybridized carbons (Fsp3) is 0.480. The highest BCUT2D eigenvalue weighted by Gasteiger charge is 2.44. The molecule has 1 saturated heterocycles. The molecule has 3 aromatic heterocycles. The van der Waals surface area contributed by atoms with Crippen molar-refractivity contribution < 1.29 is 33.8 Å². The summed E-state index contributed by atoms with van der Waals surface area (Å²) in [5.74, 6) is -0.982. The van der Waals surface area contributed by atoms with Crippen LogP contribution >= 0.6 is 22.7 Å². The number of amides is 5. The van der Waals surface area contributed by atoms with Gasteiger partial charge in [-0.3, -0.25) is 29.5 Å². The number of pyridine rings is 1. The van der Waals surface area contributed by atoms with Gasteiger partial charge in [0.1, 0.15) is 12.1 Å². The fourth-order valence-electron chi connectivity index (χ4n) is 8.08. The maximum atomic E-state index is 14.0. The minimum atomic E-state index is -0.860. The number of nitrogens with zero attached hydrogens (tertiary/aromatic N) is 4. The number of aromatic nitrogens is 3. The van der Waals surface area contributed by atoms with E-state index in [9.17, 15) is 29.1 Å². The molecule has 1 aliphatic rings. The highest BCUT2D eigenvalue weighted by atomic mass is 32.1. The number of hydrogen-bond acceptors (Lipinski definition) is 12. The lowest BCUT2D eigenvalue weighted by atomic mass is 9.85. The number of likely N-dealkylation sites (tertiary alicyclic amines) is 1. The second kappa shape index (κ2) is 23.8. The van der Waals surface area contributed by atoms with Crippen molar-refractivity contribution >= 4 is 73.4 Å². The van der Waals surface area contributed by atoms with E-state index in [1.54, 1.807) is 24.5 Å². The van der Waals surface area contributed by atoms with Gasteiger partial charge < -0.3 is 30.7 Å². The molecule has 4 heterocycles. The number of nitrogens with one attached hydrogen (secondary N) is 4. The van der Waals surface area contributed by atoms with Gasteiger partial charge in [-0.2, -0.15) is 0 Å². The Kier molecular flexibility index (Phi) is 18.0. The monoisotopic (exact) mass is 952 g/mol. The summed E-state index contributed by atoms with van der Waals surface area (Å²) < 4.78 is 5.93. The number of unbranched alkanes of at least 4 members (excludes halogenated alkanes) is 7. The Balaban J connectivity index is 0.854. The number of aliphatic hydroxyl groups excluding tert-OH is 1. The minimum absolute atomic E-state index is 0.0257. The van der Waals surface area contributed by atoms with Crippen LogP contribution in [0.2, 0.25) is 0 Å². The summed E-state index contributed by atoms with van der Waals surface area (Å²) in [6.07, 6.45) is 8.60. The van der Waals surface area contributed by atoms with E-state index < -0.39 is 29.7 Å². The number of benzene rings is 2. The van der Waals surface area contributed by atoms with Crippen LogP contribution in [0.5, 0.6) is 0 Å². The lowest BCUT2D eigenvalue weighted by molar-refractivity contribution is -0.144. The average Bonchev–Trinajstić information content (AvgIpc) is 4.03. The highest BCUT2D eigenvalue weighted by molar-refractivity contribution is 7.22. The van der Waals surface area contributed by atoms with Crippen molar-refractivity contribution in [3.63, 3.8) is 0 Å². The third kappa shape index (κ3) is 14.4. The molecule has 17 heteroatoms. The van der Waals surface area contributed by atoms with Crippen LogP contribution in [0, 0.1) is 19.3 Å². The lowest BCUT2D eigenvalue weighted by Gasteiger charge is -2.35. The van der Waals surface area contributed by atoms with Crippen molar-refractivity contribution in [1.82, 2.24) is 30.5 Å². The Labute approximate surface area is 400 Å². The van der Waals surface area contributed by atoms with Crippen LogP contribution in [0.3, 0.4) is 0 Å². The molecule has 2 aromatic carbocycles. The Morgan fingerprint density at radius 1 is 0.836 bits per heavy atom. The highest BCUT2D eigenvalue weighted by Crippen LogP contribution is 2.33. The molecule has 0 bridgehead atoms. The summed E-state index contributed by atoms with van der Waals surface area (Å²) >= 11 is 2.99. The number of β-amino-alcohol motifs (C(OH)–C–C–N with tert-alkyl or cyclic N) is 1. The summed E-state index contributed by atoms with van der Waals surface area (Å²) in [5.41, 5.74) is 7.91. The van der Waals surface area contributed by atoms with Crippen molar-refractivity contribution in [2.45, 2.75) is 137 Å². The smallest absolute Gasteiger partial charge is 0.411 e. The molecule has 0 unspecified atom stereocenters. The summed E-state index contributed by atoms with van der Waals surface area (Å²) in [6, 6.07) is 13.9. The van der Waals surface area contributed by atoms with E-state index in [0.29, 0.717) is 35.8 Å². The van der Waals surface area contributed by atoms with Crippen molar-refractivity contribution in [1.29, 1.82) is 0 Å². The zero-order chi connectivity index (χ0) is 48.1. The van der Waals surface area contributed by atoms with E-state index in [-0.39, 0.29) is 49.7 Å². The van der Waals surface area contributed by atoms with E-state index in [1.807, 2.05) is 88.7 Å². The fourth-order valence-corrected chi connectivity index (χ4v) is 9.81. The number of carbonyl (C=O) groups is 5. The predicted molar refractivity (Wildman–Crippen MR) is 265 cm³/mol. The second-order valence-corrected chi connectivity index (χ2v) is 20.1. The number of hydrogen-bond donors (Lipinski definition) is 5. The van der Waals surface area contributed by atoms with Gasteiger partial charge in [0.15, 0.2) is 5.13 Å². The molecule has 5 aromatic rings. The van der Waals surface area contributed by atoms with Gasteiger partial charge in [0.25, 0.3) is 0 Å². The minimum Gasteiger partial charge on any atom is -0.450 e. The van der Waals surface area contributed by atoms with E-state index in [1.165, 1.54) is 16.2 Å². The molecule has 6 rings (SSSR count). The first-order valence-electron chi connectivity index (χ1n) is 23.3. The topological polar surface area (TPSA) is 205 Å². The molecule has 3 atom stereocenters. The van der Waals surface area contributed by atoms with Gasteiger partial charge in [0.05, 0.1) is 50.4 Å². The molecule has 5 amide bonds. The van der Waals surface area contributed by atoms with Gasteiger partial charge in [0, 0.05) is 44.1 Å². The van der Waals surface area contributed by atoms with Crippen molar-refractivity contribution in [3.8, 4) is 21.6 Å². The number of carbonyl (C=O) groups excluding carboxylic acids is 5. The van der Waals surface area contributed by atoms with Crippen molar-refractivity contribution in [3.05, 3.63) is 77.2 Å². The number of aliphatic hydroxyl groups is 1. The zero-order valence-electron chi connectivity index (χ0n) is 39.4. The Hall–Kier alpha value is -5.78. The average molecular weight is 953 g/mol. The van der Waals surface area contributed by atoms with E-state index in [4.69, 9.17) is 4.74 Å². The zero-order valence-corrected chi connectivity index (χ0v) is 41.0. The third-order valence-corrected chi connectivity index (χ3v) is 13.7. The standard InChI is InChI=1S/C50H64N8O7S2/c1-7-65-49(64)55-39-24-36(28-51-31(39)2)35-22-23-38-41(25-35)67-48(54-38)57-43(61)17-15-13-11-9-8-10-12-14-16-42(60)56-45(50(4,5)6)47(63)58-29-37(59)26-40(58)46(62)52-27-33-18-20-34(21-19-33)44-32(3)53-30-66-44/h18-25,28,30,37,40,45,59H,7-17,26-27,29H2,1-6H3,(H,52,62)(H,55,64)(H,56,60)(H,54,57,61)/t37-,40+,45-/m1/s1. The number of anilines is 2. The van der Waals surface area contributed by atoms with E-state index >= 15 is 0 Å². The number of aryl methyl sites for hydroxylation is 2. The van der Waals surface area contributed by atoms with Crippen LogP contribution in [0.25, 0.3) is 31.8 Å². The van der Waals surface area contributed by atoms with Crippen LogP contribution in [-0.4, -0.2) is 86.0 Å². The van der Waals surface area contributed by atoms with Gasteiger partial charge in [-0.15, -0.1) is 11.3 Å². The van der Waals surface area contributed by atoms with Crippen molar-refractivity contribution in [2.75, 3.05) is 23.8 Å². The van der Waals surface area contributed by atoms with Crippen LogP contribution in [0.4, 0.5) is 15.6 Å². The molecule has 358 valence electrons. The molecule has 0 saturated carbocycles. The molecule has 0 spiro atoms. The summed E-state index contributed by atoms with van der Waals surface area (Å²) in [6.45, 7) is 11.8. The second-order valence-electron chi connectivity index (χ2n) is 18.2. The van der Waals surface area contributed by atoms with Crippen LogP contribution in [-0.2, 0) is 30.5 Å². The molecular weight excluding hydrogens is 889 g/mol. The van der Waals surface area contributed by atoms with Gasteiger partial charge in [-0.05, 0) is 73.9 Å². The predicted octanol–water partition coefficient (Wildman–Crippen LogP) is 9.32. The SMILES string of the molecule is CCOC(=O)Nc1cc(-c2ccc3nc(NC(=O)CCCCCCCCCCC(=O)N[C@H](C(=O)N4C[C@H](O)C[C@H]4C(=O)NCc4ccc(-c5scnc5C)cc4)C(C)(C)C)sc3c2)cnc1C. The molecule has 1 fully saturated rings. The lowest BCUT2D eigenvalue weighted by Crippen LogP contribution is -2.57. The van der Waals surface area contributed by atoms with Gasteiger partial charge in [-0.1, -0.05) is 101 Å². The summed E-state index contributed by atoms with van der Waals surface area (Å²) in [7, 11) is 0. The van der Waals surface area contributed by atoms with Gasteiger partial charge >= 0.3 is 6.09 Å². The maximum Gasteiger partial charge on any atom is 0.411 e. The first-order chi connectivity index (χ1) is 32.1. The molecule has 5 N–H and O–H groups in total. The van der Waals surface area contributed by atoms with Crippen LogP contribution < -0.4 is 21.3 Å². The number of ether oxygens (including phenoxy) is 1. The Morgan fingerprint density at radius 3 is 2.16 bits per heavy atom.